The fraction of sp³-hybridized carbons (Fsp3) is 0.0769. The molecular formula is C13H10BrClFNO. The molecule has 0 heterocycles. The van der Waals surface area contributed by atoms with Crippen molar-refractivity contribution in [2.75, 3.05) is 5.32 Å². The molecule has 0 aliphatic carbocycles. The largest absolute Gasteiger partial charge is 0.508 e. The Kier molecular flexibility index (Phi) is 4.09. The minimum atomic E-state index is -0.419. The van der Waals surface area contributed by atoms with Crippen LogP contribution in [0.15, 0.2) is 40.9 Å². The van der Waals surface area contributed by atoms with Gasteiger partial charge < -0.3 is 10.4 Å². The van der Waals surface area contributed by atoms with Crippen molar-refractivity contribution >= 4 is 33.2 Å². The molecule has 0 aromatic heterocycles. The van der Waals surface area contributed by atoms with E-state index in [1.54, 1.807) is 30.3 Å². The molecule has 0 atom stereocenters. The molecule has 0 saturated heterocycles. The first-order valence-electron chi connectivity index (χ1n) is 5.22. The smallest absolute Gasteiger partial charge is 0.147 e. The van der Waals surface area contributed by atoms with Crippen LogP contribution in [0.1, 0.15) is 5.56 Å². The second-order valence-electron chi connectivity index (χ2n) is 3.75. The predicted octanol–water partition coefficient (Wildman–Crippen LogP) is 4.56. The van der Waals surface area contributed by atoms with Gasteiger partial charge in [-0.25, -0.2) is 4.39 Å². The highest BCUT2D eigenvalue weighted by Gasteiger charge is 2.05. The Hall–Kier alpha value is -1.26. The molecule has 0 unspecified atom stereocenters. The number of phenolic OH excluding ortho intramolecular Hbond substituents is 1. The van der Waals surface area contributed by atoms with Crippen molar-refractivity contribution in [1.82, 2.24) is 0 Å². The van der Waals surface area contributed by atoms with Gasteiger partial charge in [-0.05, 0) is 36.4 Å². The van der Waals surface area contributed by atoms with Gasteiger partial charge in [-0.1, -0.05) is 27.5 Å². The summed E-state index contributed by atoms with van der Waals surface area (Å²) >= 11 is 8.98. The van der Waals surface area contributed by atoms with E-state index in [9.17, 15) is 9.50 Å². The molecule has 2 nitrogen and oxygen atoms in total. The Morgan fingerprint density at radius 1 is 1.22 bits per heavy atom. The molecule has 18 heavy (non-hydrogen) atoms. The average molecular weight is 331 g/mol. The van der Waals surface area contributed by atoms with Gasteiger partial charge in [0.05, 0.1) is 5.69 Å². The minimum absolute atomic E-state index is 0.167. The number of hydrogen-bond donors (Lipinski definition) is 2. The van der Waals surface area contributed by atoms with E-state index in [-0.39, 0.29) is 5.75 Å². The number of hydrogen-bond acceptors (Lipinski definition) is 2. The molecule has 2 aromatic carbocycles. The van der Waals surface area contributed by atoms with Crippen molar-refractivity contribution < 1.29 is 9.50 Å². The van der Waals surface area contributed by atoms with Crippen LogP contribution in [0, 0.1) is 5.82 Å². The molecule has 94 valence electrons. The summed E-state index contributed by atoms with van der Waals surface area (Å²) in [5.41, 5.74) is 1.03. The maximum atomic E-state index is 13.5. The highest BCUT2D eigenvalue weighted by Crippen LogP contribution is 2.24. The van der Waals surface area contributed by atoms with Gasteiger partial charge in [0.1, 0.15) is 11.6 Å². The zero-order chi connectivity index (χ0) is 13.1. The molecule has 0 spiro atoms. The van der Waals surface area contributed by atoms with Gasteiger partial charge in [-0.3, -0.25) is 0 Å². The van der Waals surface area contributed by atoms with Crippen LogP contribution in [-0.4, -0.2) is 5.11 Å². The van der Waals surface area contributed by atoms with E-state index in [0.717, 1.165) is 4.47 Å². The van der Waals surface area contributed by atoms with Crippen LogP contribution in [0.3, 0.4) is 0 Å². The lowest BCUT2D eigenvalue weighted by Crippen LogP contribution is -2.01. The third-order valence-corrected chi connectivity index (χ3v) is 3.17. The second-order valence-corrected chi connectivity index (χ2v) is 5.10. The van der Waals surface area contributed by atoms with Crippen molar-refractivity contribution in [2.45, 2.75) is 6.54 Å². The monoisotopic (exact) mass is 329 g/mol. The lowest BCUT2D eigenvalue weighted by molar-refractivity contribution is 0.469. The summed E-state index contributed by atoms with van der Waals surface area (Å²) in [6.07, 6.45) is 0. The third kappa shape index (κ3) is 3.15. The summed E-state index contributed by atoms with van der Waals surface area (Å²) in [5, 5.41) is 12.9. The lowest BCUT2D eigenvalue weighted by Gasteiger charge is -2.09. The summed E-state index contributed by atoms with van der Waals surface area (Å²) in [4.78, 5) is 0. The molecule has 0 fully saturated rings. The lowest BCUT2D eigenvalue weighted by atomic mass is 10.2. The van der Waals surface area contributed by atoms with Gasteiger partial charge >= 0.3 is 0 Å². The first-order chi connectivity index (χ1) is 8.56. The molecular weight excluding hydrogens is 321 g/mol. The van der Waals surface area contributed by atoms with E-state index < -0.39 is 5.82 Å². The standard InChI is InChI=1S/C13H10BrClFNO/c14-9-1-4-13(18)8(5-9)7-17-12-3-2-10(15)6-11(12)16/h1-6,17-18H,7H2. The minimum Gasteiger partial charge on any atom is -0.508 e. The number of halogens is 3. The van der Waals surface area contributed by atoms with Gasteiger partial charge in [0.15, 0.2) is 0 Å². The maximum absolute atomic E-state index is 13.5. The molecule has 2 N–H and O–H groups in total. The Labute approximate surface area is 118 Å². The average Bonchev–Trinajstić information content (AvgIpc) is 2.32. The van der Waals surface area contributed by atoms with Crippen molar-refractivity contribution in [1.29, 1.82) is 0 Å². The van der Waals surface area contributed by atoms with Crippen molar-refractivity contribution in [3.05, 3.63) is 57.3 Å². The molecule has 5 heteroatoms. The third-order valence-electron chi connectivity index (χ3n) is 2.44. The summed E-state index contributed by atoms with van der Waals surface area (Å²) in [6.45, 7) is 0.323. The SMILES string of the molecule is Oc1ccc(Br)cc1CNc1ccc(Cl)cc1F. The van der Waals surface area contributed by atoms with Gasteiger partial charge in [0, 0.05) is 21.6 Å². The molecule has 0 aliphatic rings. The molecule has 2 rings (SSSR count). The van der Waals surface area contributed by atoms with Crippen LogP contribution >= 0.6 is 27.5 Å². The molecule has 0 saturated carbocycles. The molecule has 0 radical (unpaired) electrons. The van der Waals surface area contributed by atoms with Gasteiger partial charge in [-0.2, -0.15) is 0 Å². The van der Waals surface area contributed by atoms with Crippen LogP contribution in [-0.2, 0) is 6.54 Å². The highest BCUT2D eigenvalue weighted by molar-refractivity contribution is 9.10. The van der Waals surface area contributed by atoms with E-state index >= 15 is 0 Å². The van der Waals surface area contributed by atoms with Crippen molar-refractivity contribution in [3.63, 3.8) is 0 Å². The normalized spacial score (nSPS) is 10.4. The molecule has 0 aliphatic heterocycles. The van der Waals surface area contributed by atoms with Crippen molar-refractivity contribution in [2.24, 2.45) is 0 Å². The maximum Gasteiger partial charge on any atom is 0.147 e. The van der Waals surface area contributed by atoms with Crippen molar-refractivity contribution in [3.8, 4) is 5.75 Å². The summed E-state index contributed by atoms with van der Waals surface area (Å²) in [5.74, 6) is -0.253. The van der Waals surface area contributed by atoms with Crippen LogP contribution in [0.25, 0.3) is 0 Å². The summed E-state index contributed by atoms with van der Waals surface area (Å²) in [7, 11) is 0. The zero-order valence-electron chi connectivity index (χ0n) is 9.25. The predicted molar refractivity (Wildman–Crippen MR) is 74.5 cm³/mol. The number of aromatic hydroxyl groups is 1. The molecule has 0 amide bonds. The highest BCUT2D eigenvalue weighted by atomic mass is 79.9. The summed E-state index contributed by atoms with van der Waals surface area (Å²) < 4.78 is 14.4. The van der Waals surface area contributed by atoms with Gasteiger partial charge in [0.25, 0.3) is 0 Å². The summed E-state index contributed by atoms with van der Waals surface area (Å²) in [6, 6.07) is 9.50. The van der Waals surface area contributed by atoms with Crippen LogP contribution in [0.5, 0.6) is 5.75 Å². The number of rotatable bonds is 3. The number of anilines is 1. The Balaban J connectivity index is 2.13. The fourth-order valence-corrected chi connectivity index (χ4v) is 2.09. The van der Waals surface area contributed by atoms with E-state index in [1.165, 1.54) is 6.07 Å². The fourth-order valence-electron chi connectivity index (χ4n) is 1.52. The van der Waals surface area contributed by atoms with E-state index in [4.69, 9.17) is 11.6 Å². The molecule has 0 bridgehead atoms. The topological polar surface area (TPSA) is 32.3 Å². The Morgan fingerprint density at radius 3 is 2.72 bits per heavy atom. The van der Waals surface area contributed by atoms with E-state index in [1.807, 2.05) is 0 Å². The van der Waals surface area contributed by atoms with Crippen LogP contribution in [0.4, 0.5) is 10.1 Å². The van der Waals surface area contributed by atoms with E-state index in [0.29, 0.717) is 22.8 Å². The number of nitrogens with one attached hydrogen (secondary N) is 1. The van der Waals surface area contributed by atoms with Gasteiger partial charge in [-0.15, -0.1) is 0 Å². The number of benzene rings is 2. The Morgan fingerprint density at radius 2 is 2.00 bits per heavy atom. The van der Waals surface area contributed by atoms with Gasteiger partial charge in [0.2, 0.25) is 0 Å². The van der Waals surface area contributed by atoms with Crippen LogP contribution in [0.2, 0.25) is 5.02 Å². The molecule has 2 aromatic rings. The second kappa shape index (κ2) is 5.59. The van der Waals surface area contributed by atoms with E-state index in [2.05, 4.69) is 21.2 Å². The Bertz CT molecular complexity index is 577. The zero-order valence-corrected chi connectivity index (χ0v) is 11.6. The first-order valence-corrected chi connectivity index (χ1v) is 6.39. The quantitative estimate of drug-likeness (QED) is 0.864. The number of phenols is 1. The first kappa shape index (κ1) is 13.2. The van der Waals surface area contributed by atoms with Crippen LogP contribution < -0.4 is 5.32 Å².